The van der Waals surface area contributed by atoms with Crippen LogP contribution >= 0.6 is 11.3 Å². The molecule has 1 N–H and O–H groups in total. The summed E-state index contributed by atoms with van der Waals surface area (Å²) in [5, 5.41) is 7.01. The second kappa shape index (κ2) is 6.71. The molecule has 1 unspecified atom stereocenters. The zero-order chi connectivity index (χ0) is 15.6. The third-order valence-electron chi connectivity index (χ3n) is 3.74. The third kappa shape index (κ3) is 3.92. The summed E-state index contributed by atoms with van der Waals surface area (Å²) in [6.45, 7) is 13.1. The van der Waals surface area contributed by atoms with Gasteiger partial charge in [0.2, 0.25) is 0 Å². The zero-order valence-electron chi connectivity index (χ0n) is 13.9. The standard InChI is InChI=1S/C18H26N2S/c1-11(2)16-10-21-18(20-16)17(19-12(3)4)15-8-7-13(5)14(6)9-15/h7-12,17,19H,1-6H3. The first kappa shape index (κ1) is 16.2. The number of aryl methyl sites for hydroxylation is 2. The summed E-state index contributed by atoms with van der Waals surface area (Å²) in [7, 11) is 0. The van der Waals surface area contributed by atoms with Gasteiger partial charge in [0.1, 0.15) is 5.01 Å². The number of benzene rings is 1. The maximum Gasteiger partial charge on any atom is 0.114 e. The number of thiazole rings is 1. The SMILES string of the molecule is Cc1ccc(C(NC(C)C)c2nc(C(C)C)cs2)cc1C. The molecule has 1 aromatic heterocycles. The van der Waals surface area contributed by atoms with E-state index in [-0.39, 0.29) is 6.04 Å². The highest BCUT2D eigenvalue weighted by molar-refractivity contribution is 7.09. The first-order valence-corrected chi connectivity index (χ1v) is 8.55. The predicted octanol–water partition coefficient (Wildman–Crippen LogP) is 4.97. The first-order valence-electron chi connectivity index (χ1n) is 7.67. The average molecular weight is 302 g/mol. The molecule has 0 spiro atoms. The lowest BCUT2D eigenvalue weighted by atomic mass is 10.0. The van der Waals surface area contributed by atoms with Crippen LogP contribution in [-0.2, 0) is 0 Å². The molecule has 2 rings (SSSR count). The van der Waals surface area contributed by atoms with Gasteiger partial charge in [-0.15, -0.1) is 11.3 Å². The number of rotatable bonds is 5. The van der Waals surface area contributed by atoms with Crippen molar-refractivity contribution >= 4 is 11.3 Å². The van der Waals surface area contributed by atoms with E-state index in [4.69, 9.17) is 4.98 Å². The fourth-order valence-corrected chi connectivity index (χ4v) is 3.35. The van der Waals surface area contributed by atoms with Crippen LogP contribution < -0.4 is 5.32 Å². The van der Waals surface area contributed by atoms with Crippen molar-refractivity contribution in [1.29, 1.82) is 0 Å². The maximum atomic E-state index is 4.85. The van der Waals surface area contributed by atoms with Crippen molar-refractivity contribution in [2.24, 2.45) is 0 Å². The minimum absolute atomic E-state index is 0.182. The normalized spacial score (nSPS) is 13.1. The summed E-state index contributed by atoms with van der Waals surface area (Å²) in [5.74, 6) is 0.481. The molecule has 21 heavy (non-hydrogen) atoms. The molecule has 1 aromatic carbocycles. The van der Waals surface area contributed by atoms with Crippen LogP contribution in [-0.4, -0.2) is 11.0 Å². The van der Waals surface area contributed by atoms with Gasteiger partial charge in [0.15, 0.2) is 0 Å². The minimum Gasteiger partial charge on any atom is -0.302 e. The van der Waals surface area contributed by atoms with Gasteiger partial charge in [-0.1, -0.05) is 32.0 Å². The van der Waals surface area contributed by atoms with Gasteiger partial charge in [-0.25, -0.2) is 4.98 Å². The molecule has 0 fully saturated rings. The largest absolute Gasteiger partial charge is 0.302 e. The lowest BCUT2D eigenvalue weighted by Gasteiger charge is -2.20. The summed E-state index contributed by atoms with van der Waals surface area (Å²) in [6.07, 6.45) is 0. The van der Waals surface area contributed by atoms with Gasteiger partial charge in [0.05, 0.1) is 11.7 Å². The van der Waals surface area contributed by atoms with Crippen LogP contribution in [0.25, 0.3) is 0 Å². The molecule has 0 bridgehead atoms. The van der Waals surface area contributed by atoms with E-state index in [1.165, 1.54) is 22.4 Å². The van der Waals surface area contributed by atoms with Crippen molar-refractivity contribution in [3.8, 4) is 0 Å². The Hall–Kier alpha value is -1.19. The smallest absolute Gasteiger partial charge is 0.114 e. The Morgan fingerprint density at radius 2 is 1.76 bits per heavy atom. The number of aromatic nitrogens is 1. The molecule has 0 radical (unpaired) electrons. The second-order valence-electron chi connectivity index (χ2n) is 6.36. The van der Waals surface area contributed by atoms with E-state index in [0.29, 0.717) is 12.0 Å². The van der Waals surface area contributed by atoms with E-state index in [1.54, 1.807) is 11.3 Å². The Bertz CT molecular complexity index is 599. The zero-order valence-corrected chi connectivity index (χ0v) is 14.7. The minimum atomic E-state index is 0.182. The topological polar surface area (TPSA) is 24.9 Å². The van der Waals surface area contributed by atoms with Gasteiger partial charge in [0, 0.05) is 11.4 Å². The summed E-state index contributed by atoms with van der Waals surface area (Å²) in [6, 6.07) is 7.31. The highest BCUT2D eigenvalue weighted by Gasteiger charge is 2.19. The van der Waals surface area contributed by atoms with E-state index in [1.807, 2.05) is 0 Å². The Labute approximate surface area is 132 Å². The molecule has 3 heteroatoms. The molecule has 0 aliphatic rings. The van der Waals surface area contributed by atoms with Gasteiger partial charge in [0.25, 0.3) is 0 Å². The fraction of sp³-hybridized carbons (Fsp3) is 0.500. The molecule has 0 aliphatic heterocycles. The summed E-state index contributed by atoms with van der Waals surface area (Å²) in [4.78, 5) is 4.85. The molecular formula is C18H26N2S. The van der Waals surface area contributed by atoms with Crippen LogP contribution in [0, 0.1) is 13.8 Å². The van der Waals surface area contributed by atoms with Crippen molar-refractivity contribution in [3.05, 3.63) is 51.0 Å². The van der Waals surface area contributed by atoms with E-state index in [2.05, 4.69) is 70.4 Å². The maximum absolute atomic E-state index is 4.85. The van der Waals surface area contributed by atoms with E-state index < -0.39 is 0 Å². The molecule has 1 heterocycles. The lowest BCUT2D eigenvalue weighted by Crippen LogP contribution is -2.29. The van der Waals surface area contributed by atoms with Gasteiger partial charge >= 0.3 is 0 Å². The molecule has 0 aliphatic carbocycles. The number of hydrogen-bond acceptors (Lipinski definition) is 3. The van der Waals surface area contributed by atoms with Gasteiger partial charge in [-0.3, -0.25) is 0 Å². The lowest BCUT2D eigenvalue weighted by molar-refractivity contribution is 0.525. The quantitative estimate of drug-likeness (QED) is 0.843. The van der Waals surface area contributed by atoms with Crippen LogP contribution in [0.3, 0.4) is 0 Å². The van der Waals surface area contributed by atoms with Crippen LogP contribution in [0.2, 0.25) is 0 Å². The Morgan fingerprint density at radius 3 is 2.29 bits per heavy atom. The second-order valence-corrected chi connectivity index (χ2v) is 7.25. The van der Waals surface area contributed by atoms with Crippen molar-refractivity contribution in [3.63, 3.8) is 0 Å². The molecule has 114 valence electrons. The Morgan fingerprint density at radius 1 is 1.05 bits per heavy atom. The molecule has 1 atom stereocenters. The van der Waals surface area contributed by atoms with Crippen LogP contribution in [0.1, 0.15) is 67.0 Å². The third-order valence-corrected chi connectivity index (χ3v) is 4.67. The van der Waals surface area contributed by atoms with E-state index in [0.717, 1.165) is 5.01 Å². The molecule has 2 nitrogen and oxygen atoms in total. The average Bonchev–Trinajstić information content (AvgIpc) is 2.89. The Kier molecular flexibility index (Phi) is 5.17. The van der Waals surface area contributed by atoms with E-state index in [9.17, 15) is 0 Å². The predicted molar refractivity (Wildman–Crippen MR) is 92.2 cm³/mol. The van der Waals surface area contributed by atoms with Crippen molar-refractivity contribution in [2.45, 2.75) is 59.5 Å². The fourth-order valence-electron chi connectivity index (χ4n) is 2.29. The van der Waals surface area contributed by atoms with E-state index >= 15 is 0 Å². The van der Waals surface area contributed by atoms with Gasteiger partial charge in [-0.2, -0.15) is 0 Å². The van der Waals surface area contributed by atoms with Crippen LogP contribution in [0.5, 0.6) is 0 Å². The monoisotopic (exact) mass is 302 g/mol. The number of hydrogen-bond donors (Lipinski definition) is 1. The number of nitrogens with one attached hydrogen (secondary N) is 1. The first-order chi connectivity index (χ1) is 9.88. The molecule has 2 aromatic rings. The van der Waals surface area contributed by atoms with Gasteiger partial charge in [-0.05, 0) is 50.3 Å². The summed E-state index contributed by atoms with van der Waals surface area (Å²) in [5.41, 5.74) is 5.17. The van der Waals surface area contributed by atoms with Crippen molar-refractivity contribution in [2.75, 3.05) is 0 Å². The molecular weight excluding hydrogens is 276 g/mol. The molecule has 0 saturated heterocycles. The van der Waals surface area contributed by atoms with Crippen LogP contribution in [0.4, 0.5) is 0 Å². The highest BCUT2D eigenvalue weighted by atomic mass is 32.1. The summed E-state index contributed by atoms with van der Waals surface area (Å²) < 4.78 is 0. The molecule has 0 amide bonds. The van der Waals surface area contributed by atoms with Crippen molar-refractivity contribution in [1.82, 2.24) is 10.3 Å². The highest BCUT2D eigenvalue weighted by Crippen LogP contribution is 2.29. The molecule has 0 saturated carbocycles. The Balaban J connectivity index is 2.39. The van der Waals surface area contributed by atoms with Crippen LogP contribution in [0.15, 0.2) is 23.6 Å². The summed E-state index contributed by atoms with van der Waals surface area (Å²) >= 11 is 1.76. The van der Waals surface area contributed by atoms with Gasteiger partial charge < -0.3 is 5.32 Å². The number of nitrogens with zero attached hydrogens (tertiary/aromatic N) is 1. The van der Waals surface area contributed by atoms with Crippen molar-refractivity contribution < 1.29 is 0 Å².